The summed E-state index contributed by atoms with van der Waals surface area (Å²) in [5.74, 6) is 0.755. The minimum Gasteiger partial charge on any atom is -0.489 e. The van der Waals surface area contributed by atoms with Crippen LogP contribution in [-0.4, -0.2) is 56.3 Å². The quantitative estimate of drug-likeness (QED) is 0.547. The Labute approximate surface area is 205 Å². The van der Waals surface area contributed by atoms with Crippen molar-refractivity contribution in [1.82, 2.24) is 15.3 Å². The fourth-order valence-electron chi connectivity index (χ4n) is 3.35. The Balaban J connectivity index is 1.52. The van der Waals surface area contributed by atoms with E-state index in [2.05, 4.69) is 20.2 Å². The van der Waals surface area contributed by atoms with Gasteiger partial charge in [0, 0.05) is 43.2 Å². The average Bonchev–Trinajstić information content (AvgIpc) is 3.33. The zero-order chi connectivity index (χ0) is 25.5. The molecule has 3 rings (SSSR count). The van der Waals surface area contributed by atoms with Gasteiger partial charge in [0.1, 0.15) is 18.0 Å². The van der Waals surface area contributed by atoms with Crippen LogP contribution in [0.4, 0.5) is 15.1 Å². The number of hydrogen-bond donors (Lipinski definition) is 1. The molecular weight excluding hydrogens is 475 g/mol. The molecule has 0 spiro atoms. The predicted octanol–water partition coefficient (Wildman–Crippen LogP) is 3.81. The Morgan fingerprint density at radius 1 is 1.14 bits per heavy atom. The second-order valence-corrected chi connectivity index (χ2v) is 11.2. The number of hydrogen-bond acceptors (Lipinski definition) is 8. The number of amides is 1. The molecule has 190 valence electrons. The first-order valence-corrected chi connectivity index (χ1v) is 13.0. The molecule has 0 unspecified atom stereocenters. The van der Waals surface area contributed by atoms with Gasteiger partial charge in [-0.2, -0.15) is 0 Å². The number of aromatic nitrogens is 2. The van der Waals surface area contributed by atoms with Crippen molar-refractivity contribution in [2.45, 2.75) is 49.9 Å². The van der Waals surface area contributed by atoms with Crippen molar-refractivity contribution in [3.05, 3.63) is 54.1 Å². The molecule has 9 nitrogen and oxygen atoms in total. The maximum atomic E-state index is 13.2. The van der Waals surface area contributed by atoms with Gasteiger partial charge >= 0.3 is 6.09 Å². The van der Waals surface area contributed by atoms with Crippen molar-refractivity contribution in [3.63, 3.8) is 0 Å². The van der Waals surface area contributed by atoms with Crippen molar-refractivity contribution >= 4 is 21.9 Å². The normalized spacial score (nSPS) is 14.6. The van der Waals surface area contributed by atoms with E-state index in [0.29, 0.717) is 23.6 Å². The number of sulfone groups is 1. The number of rotatable bonds is 9. The van der Waals surface area contributed by atoms with Crippen molar-refractivity contribution in [1.29, 1.82) is 0 Å². The Kier molecular flexibility index (Phi) is 8.66. The predicted molar refractivity (Wildman–Crippen MR) is 130 cm³/mol. The molecule has 0 radical (unpaired) electrons. The molecule has 1 saturated heterocycles. The number of ether oxygens (including phenoxy) is 2. The summed E-state index contributed by atoms with van der Waals surface area (Å²) in [5, 5.41) is 2.46. The molecule has 1 N–H and O–H groups in total. The fraction of sp³-hybridized carbons (Fsp3) is 0.458. The maximum Gasteiger partial charge on any atom is 0.407 e. The minimum atomic E-state index is -3.61. The van der Waals surface area contributed by atoms with Gasteiger partial charge in [-0.05, 0) is 57.9 Å². The van der Waals surface area contributed by atoms with E-state index < -0.39 is 21.5 Å². The molecule has 0 saturated carbocycles. The third-order valence-electron chi connectivity index (χ3n) is 5.06. The number of carbonyl (C=O) groups is 1. The van der Waals surface area contributed by atoms with Gasteiger partial charge in [0.15, 0.2) is 9.84 Å². The van der Waals surface area contributed by atoms with E-state index in [1.54, 1.807) is 33.2 Å². The lowest BCUT2D eigenvalue weighted by Crippen LogP contribution is -2.34. The summed E-state index contributed by atoms with van der Waals surface area (Å²) >= 11 is 0. The van der Waals surface area contributed by atoms with E-state index >= 15 is 0 Å². The van der Waals surface area contributed by atoms with Gasteiger partial charge in [-0.25, -0.2) is 27.6 Å². The van der Waals surface area contributed by atoms with Crippen molar-refractivity contribution in [2.24, 2.45) is 0 Å². The van der Waals surface area contributed by atoms with E-state index in [9.17, 15) is 17.6 Å². The Morgan fingerprint density at radius 3 is 2.34 bits per heavy atom. The van der Waals surface area contributed by atoms with Crippen LogP contribution in [0.2, 0.25) is 0 Å². The Hall–Kier alpha value is -3.21. The number of anilines is 1. The number of benzene rings is 1. The smallest absolute Gasteiger partial charge is 0.407 e. The summed E-state index contributed by atoms with van der Waals surface area (Å²) in [4.78, 5) is 22.5. The molecule has 11 heteroatoms. The number of nitrogens with one attached hydrogen (secondary N) is 1. The van der Waals surface area contributed by atoms with E-state index in [1.165, 1.54) is 24.3 Å². The molecule has 1 fully saturated rings. The summed E-state index contributed by atoms with van der Waals surface area (Å²) in [6.45, 7) is 6.79. The number of nitrogens with zero attached hydrogens (tertiary/aromatic N) is 3. The van der Waals surface area contributed by atoms with Gasteiger partial charge in [0.25, 0.3) is 0 Å². The molecule has 35 heavy (non-hydrogen) atoms. The molecule has 2 aromatic rings. The second kappa shape index (κ2) is 11.5. The van der Waals surface area contributed by atoms with Gasteiger partial charge in [-0.15, -0.1) is 0 Å². The van der Waals surface area contributed by atoms with E-state index in [1.807, 2.05) is 0 Å². The number of alkyl carbamates (subject to hydrolysis) is 1. The molecule has 2 heterocycles. The van der Waals surface area contributed by atoms with Crippen molar-refractivity contribution in [2.75, 3.05) is 31.1 Å². The number of carbonyl (C=O) groups excluding carboxylic acids is 1. The summed E-state index contributed by atoms with van der Waals surface area (Å²) in [5.41, 5.74) is 0.0280. The Morgan fingerprint density at radius 2 is 1.77 bits per heavy atom. The van der Waals surface area contributed by atoms with Crippen LogP contribution in [0.1, 0.15) is 39.2 Å². The van der Waals surface area contributed by atoms with Gasteiger partial charge in [0.2, 0.25) is 5.95 Å². The van der Waals surface area contributed by atoms with Crippen LogP contribution in [-0.2, 0) is 20.3 Å². The SMILES string of the molecule is CC(C)(C)OC(=O)NC/C(=C\F)COc1ccc(S(=O)(=O)Cc2cnc(N3CCCC3)nc2)cc1. The van der Waals surface area contributed by atoms with Crippen molar-refractivity contribution < 1.29 is 27.1 Å². The standard InChI is InChI=1S/C24H31FN4O5S/c1-24(2,3)34-23(30)28-13-18(12-25)16-33-20-6-8-21(9-7-20)35(31,32)17-19-14-26-22(27-15-19)29-10-4-5-11-29/h6-9,12,14-15H,4-5,10-11,13,16-17H2,1-3H3,(H,28,30)/b18-12+. The van der Waals surface area contributed by atoms with Gasteiger partial charge in [0.05, 0.1) is 17.0 Å². The van der Waals surface area contributed by atoms with Crippen LogP contribution in [0.5, 0.6) is 5.75 Å². The highest BCUT2D eigenvalue weighted by Crippen LogP contribution is 2.21. The zero-order valence-corrected chi connectivity index (χ0v) is 21.0. The largest absolute Gasteiger partial charge is 0.489 e. The highest BCUT2D eigenvalue weighted by atomic mass is 32.2. The first kappa shape index (κ1) is 26.4. The average molecular weight is 507 g/mol. The maximum absolute atomic E-state index is 13.2. The summed E-state index contributed by atoms with van der Waals surface area (Å²) in [6.07, 6.45) is 4.99. The topological polar surface area (TPSA) is 111 Å². The first-order valence-electron chi connectivity index (χ1n) is 11.3. The number of halogens is 1. The molecule has 1 aliphatic heterocycles. The summed E-state index contributed by atoms with van der Waals surface area (Å²) in [6, 6.07) is 5.86. The van der Waals surface area contributed by atoms with Crippen LogP contribution in [0.25, 0.3) is 0 Å². The molecule has 1 aromatic heterocycles. The second-order valence-electron chi connectivity index (χ2n) is 9.23. The fourth-order valence-corrected chi connectivity index (χ4v) is 4.65. The van der Waals surface area contributed by atoms with Gasteiger partial charge in [-0.1, -0.05) is 0 Å². The Bertz CT molecular complexity index is 1120. The molecular formula is C24H31FN4O5S. The zero-order valence-electron chi connectivity index (χ0n) is 20.2. The molecule has 0 bridgehead atoms. The monoisotopic (exact) mass is 506 g/mol. The van der Waals surface area contributed by atoms with Gasteiger partial charge < -0.3 is 19.7 Å². The lowest BCUT2D eigenvalue weighted by Gasteiger charge is -2.20. The lowest BCUT2D eigenvalue weighted by molar-refractivity contribution is 0.0531. The molecule has 1 amide bonds. The molecule has 1 aromatic carbocycles. The van der Waals surface area contributed by atoms with Crippen LogP contribution in [0.3, 0.4) is 0 Å². The molecule has 0 aliphatic carbocycles. The third-order valence-corrected chi connectivity index (χ3v) is 6.76. The first-order chi connectivity index (χ1) is 16.6. The van der Waals surface area contributed by atoms with Crippen LogP contribution < -0.4 is 15.0 Å². The summed E-state index contributed by atoms with van der Waals surface area (Å²) in [7, 11) is -3.61. The molecule has 0 atom stereocenters. The highest BCUT2D eigenvalue weighted by Gasteiger charge is 2.19. The van der Waals surface area contributed by atoms with E-state index in [-0.39, 0.29) is 29.4 Å². The lowest BCUT2D eigenvalue weighted by atomic mass is 10.2. The van der Waals surface area contributed by atoms with Crippen LogP contribution >= 0.6 is 0 Å². The molecule has 1 aliphatic rings. The van der Waals surface area contributed by atoms with Crippen LogP contribution in [0, 0.1) is 0 Å². The van der Waals surface area contributed by atoms with E-state index in [4.69, 9.17) is 9.47 Å². The minimum absolute atomic E-state index is 0.0868. The van der Waals surface area contributed by atoms with Gasteiger partial charge in [-0.3, -0.25) is 0 Å². The van der Waals surface area contributed by atoms with E-state index in [0.717, 1.165) is 25.9 Å². The van der Waals surface area contributed by atoms with Crippen molar-refractivity contribution in [3.8, 4) is 5.75 Å². The summed E-state index contributed by atoms with van der Waals surface area (Å²) < 4.78 is 49.4. The highest BCUT2D eigenvalue weighted by molar-refractivity contribution is 7.90. The van der Waals surface area contributed by atoms with Crippen LogP contribution in [0.15, 0.2) is 53.5 Å². The third kappa shape index (κ3) is 8.20.